The van der Waals surface area contributed by atoms with Crippen LogP contribution in [0, 0.1) is 5.82 Å². The van der Waals surface area contributed by atoms with E-state index in [1.165, 1.54) is 35.0 Å². The van der Waals surface area contributed by atoms with Crippen LogP contribution in [0.2, 0.25) is 0 Å². The molecule has 1 unspecified atom stereocenters. The number of rotatable bonds is 6. The standard InChI is InChI=1S/C26H26FN5O5/c1-37-20-7-8-28-12-17(20)13-30-9-2-10-32-21(30)15-31-14-19(23(33)24(34)22(31)26(32)36)25(35)29-11-16-3-5-18(27)6-4-16/h3-8,12,14,21,34H,2,9-11,13,15H2,1H3,(H,29,35). The number of carbonyl (C=O) groups is 2. The van der Waals surface area contributed by atoms with Crippen molar-refractivity contribution in [1.29, 1.82) is 0 Å². The van der Waals surface area contributed by atoms with Gasteiger partial charge < -0.3 is 24.6 Å². The number of pyridine rings is 2. The molecule has 4 heterocycles. The Hall–Kier alpha value is -4.25. The van der Waals surface area contributed by atoms with Gasteiger partial charge in [0.25, 0.3) is 11.8 Å². The molecule has 37 heavy (non-hydrogen) atoms. The van der Waals surface area contributed by atoms with E-state index >= 15 is 0 Å². The van der Waals surface area contributed by atoms with Gasteiger partial charge in [0.2, 0.25) is 5.43 Å². The molecule has 192 valence electrons. The third-order valence-electron chi connectivity index (χ3n) is 6.77. The predicted molar refractivity (Wildman–Crippen MR) is 131 cm³/mol. The van der Waals surface area contributed by atoms with Crippen molar-refractivity contribution in [2.24, 2.45) is 0 Å². The van der Waals surface area contributed by atoms with Gasteiger partial charge in [-0.1, -0.05) is 12.1 Å². The van der Waals surface area contributed by atoms with E-state index in [0.717, 1.165) is 18.5 Å². The lowest BCUT2D eigenvalue weighted by molar-refractivity contribution is -0.0142. The number of methoxy groups -OCH3 is 1. The molecule has 5 rings (SSSR count). The first-order valence-electron chi connectivity index (χ1n) is 11.9. The van der Waals surface area contributed by atoms with E-state index in [4.69, 9.17) is 4.74 Å². The molecule has 1 atom stereocenters. The average molecular weight is 508 g/mol. The van der Waals surface area contributed by atoms with Crippen LogP contribution in [0.1, 0.15) is 38.4 Å². The minimum atomic E-state index is -0.913. The summed E-state index contributed by atoms with van der Waals surface area (Å²) < 4.78 is 20.1. The number of nitrogens with one attached hydrogen (secondary N) is 1. The maximum absolute atomic E-state index is 13.4. The number of benzene rings is 1. The lowest BCUT2D eigenvalue weighted by Gasteiger charge is -2.47. The van der Waals surface area contributed by atoms with Crippen LogP contribution < -0.4 is 15.5 Å². The van der Waals surface area contributed by atoms with E-state index in [9.17, 15) is 23.9 Å². The number of aromatic hydroxyl groups is 1. The Labute approximate surface area is 211 Å². The van der Waals surface area contributed by atoms with Gasteiger partial charge in [0.1, 0.15) is 23.3 Å². The number of hydrogen-bond donors (Lipinski definition) is 2. The van der Waals surface area contributed by atoms with E-state index in [1.807, 2.05) is 0 Å². The highest BCUT2D eigenvalue weighted by molar-refractivity contribution is 5.99. The van der Waals surface area contributed by atoms with Crippen LogP contribution in [0.3, 0.4) is 0 Å². The van der Waals surface area contributed by atoms with Gasteiger partial charge in [-0.3, -0.25) is 24.3 Å². The van der Waals surface area contributed by atoms with Crippen LogP contribution in [0.4, 0.5) is 4.39 Å². The molecule has 11 heteroatoms. The van der Waals surface area contributed by atoms with E-state index in [2.05, 4.69) is 15.2 Å². The molecule has 2 aliphatic rings. The minimum absolute atomic E-state index is 0.0666. The lowest BCUT2D eigenvalue weighted by atomic mass is 10.1. The van der Waals surface area contributed by atoms with Crippen molar-refractivity contribution in [1.82, 2.24) is 24.7 Å². The zero-order valence-corrected chi connectivity index (χ0v) is 20.2. The van der Waals surface area contributed by atoms with Gasteiger partial charge in [-0.05, 0) is 30.2 Å². The van der Waals surface area contributed by atoms with Crippen molar-refractivity contribution in [3.05, 3.63) is 87.3 Å². The summed E-state index contributed by atoms with van der Waals surface area (Å²) in [4.78, 5) is 47.0. The van der Waals surface area contributed by atoms with Crippen LogP contribution in [0.25, 0.3) is 0 Å². The fourth-order valence-electron chi connectivity index (χ4n) is 4.90. The van der Waals surface area contributed by atoms with Gasteiger partial charge in [0.05, 0.1) is 13.7 Å². The van der Waals surface area contributed by atoms with E-state index in [-0.39, 0.29) is 30.5 Å². The number of halogens is 1. The molecule has 1 aromatic carbocycles. The summed E-state index contributed by atoms with van der Waals surface area (Å²) >= 11 is 0. The Kier molecular flexibility index (Phi) is 6.62. The summed E-state index contributed by atoms with van der Waals surface area (Å²) in [5.41, 5.74) is 0.196. The second-order valence-electron chi connectivity index (χ2n) is 9.02. The molecule has 2 aliphatic heterocycles. The lowest BCUT2D eigenvalue weighted by Crippen LogP contribution is -2.60. The average Bonchev–Trinajstić information content (AvgIpc) is 2.91. The molecule has 0 aliphatic carbocycles. The number of ether oxygens (including phenoxy) is 1. The minimum Gasteiger partial charge on any atom is -0.503 e. The molecule has 2 amide bonds. The largest absolute Gasteiger partial charge is 0.503 e. The Morgan fingerprint density at radius 2 is 2.00 bits per heavy atom. The van der Waals surface area contributed by atoms with Gasteiger partial charge in [-0.2, -0.15) is 0 Å². The Morgan fingerprint density at radius 1 is 1.22 bits per heavy atom. The zero-order valence-electron chi connectivity index (χ0n) is 20.2. The van der Waals surface area contributed by atoms with Gasteiger partial charge >= 0.3 is 0 Å². The van der Waals surface area contributed by atoms with Crippen molar-refractivity contribution in [2.45, 2.75) is 32.2 Å². The SMILES string of the molecule is COc1ccncc1CN1CCCN2C(=O)c3c(O)c(=O)c(C(=O)NCc4ccc(F)cc4)cn3CC12. The summed E-state index contributed by atoms with van der Waals surface area (Å²) in [6.45, 7) is 2.02. The van der Waals surface area contributed by atoms with Gasteiger partial charge in [0.15, 0.2) is 11.4 Å². The van der Waals surface area contributed by atoms with Gasteiger partial charge in [-0.25, -0.2) is 4.39 Å². The number of carbonyl (C=O) groups excluding carboxylic acids is 2. The smallest absolute Gasteiger partial charge is 0.275 e. The predicted octanol–water partition coefficient (Wildman–Crippen LogP) is 1.71. The molecular weight excluding hydrogens is 481 g/mol. The summed E-state index contributed by atoms with van der Waals surface area (Å²) in [6.07, 6.45) is 5.06. The number of fused-ring (bicyclic) bond motifs is 2. The van der Waals surface area contributed by atoms with E-state index in [1.54, 1.807) is 30.5 Å². The molecule has 2 N–H and O–H groups in total. The molecule has 0 bridgehead atoms. The molecule has 1 saturated heterocycles. The van der Waals surface area contributed by atoms with Crippen LogP contribution in [0.5, 0.6) is 11.5 Å². The summed E-state index contributed by atoms with van der Waals surface area (Å²) in [7, 11) is 1.59. The van der Waals surface area contributed by atoms with Crippen LogP contribution in [0.15, 0.2) is 53.7 Å². The second-order valence-corrected chi connectivity index (χ2v) is 9.02. The van der Waals surface area contributed by atoms with E-state index in [0.29, 0.717) is 24.4 Å². The Morgan fingerprint density at radius 3 is 2.76 bits per heavy atom. The summed E-state index contributed by atoms with van der Waals surface area (Å²) in [5, 5.41) is 13.3. The van der Waals surface area contributed by atoms with Crippen molar-refractivity contribution in [3.63, 3.8) is 0 Å². The van der Waals surface area contributed by atoms with Gasteiger partial charge in [0, 0.05) is 50.3 Å². The quantitative estimate of drug-likeness (QED) is 0.522. The molecule has 3 aromatic rings. The van der Waals surface area contributed by atoms with Crippen LogP contribution in [-0.2, 0) is 19.6 Å². The first-order valence-corrected chi connectivity index (χ1v) is 11.9. The van der Waals surface area contributed by atoms with Crippen molar-refractivity contribution in [2.75, 3.05) is 20.2 Å². The summed E-state index contributed by atoms with van der Waals surface area (Å²) in [5.74, 6) is -1.62. The van der Waals surface area contributed by atoms with Gasteiger partial charge in [-0.15, -0.1) is 0 Å². The Balaban J connectivity index is 1.42. The first-order chi connectivity index (χ1) is 17.9. The third-order valence-corrected chi connectivity index (χ3v) is 6.77. The number of amides is 2. The topological polar surface area (TPSA) is 117 Å². The highest BCUT2D eigenvalue weighted by Gasteiger charge is 2.40. The molecule has 1 fully saturated rings. The monoisotopic (exact) mass is 507 g/mol. The molecule has 0 radical (unpaired) electrons. The van der Waals surface area contributed by atoms with Crippen LogP contribution >= 0.6 is 0 Å². The molecule has 2 aromatic heterocycles. The van der Waals surface area contributed by atoms with Crippen molar-refractivity contribution in [3.8, 4) is 11.5 Å². The van der Waals surface area contributed by atoms with Crippen molar-refractivity contribution < 1.29 is 23.8 Å². The Bertz CT molecular complexity index is 1410. The first kappa shape index (κ1) is 24.4. The number of nitrogens with zero attached hydrogens (tertiary/aromatic N) is 4. The molecule has 10 nitrogen and oxygen atoms in total. The van der Waals surface area contributed by atoms with Crippen molar-refractivity contribution >= 4 is 11.8 Å². The highest BCUT2D eigenvalue weighted by Crippen LogP contribution is 2.30. The summed E-state index contributed by atoms with van der Waals surface area (Å²) in [6, 6.07) is 7.37. The molecule has 0 spiro atoms. The maximum Gasteiger partial charge on any atom is 0.275 e. The fraction of sp³-hybridized carbons (Fsp3) is 0.308. The van der Waals surface area contributed by atoms with E-state index < -0.39 is 28.8 Å². The normalized spacial score (nSPS) is 17.2. The van der Waals surface area contributed by atoms with Crippen LogP contribution in [-0.4, -0.2) is 62.6 Å². The number of hydrogen-bond acceptors (Lipinski definition) is 7. The molecular formula is C26H26FN5O5. The zero-order chi connectivity index (χ0) is 26.1. The number of aromatic nitrogens is 2. The molecule has 0 saturated carbocycles. The fourth-order valence-corrected chi connectivity index (χ4v) is 4.90. The maximum atomic E-state index is 13.4. The highest BCUT2D eigenvalue weighted by atomic mass is 19.1. The third kappa shape index (κ3) is 4.65. The second kappa shape index (κ2) is 10.0.